The monoisotopic (exact) mass is 328 g/mol. The smallest absolute Gasteiger partial charge is 0.339 e. The molecule has 0 saturated carbocycles. The highest BCUT2D eigenvalue weighted by Crippen LogP contribution is 2.31. The van der Waals surface area contributed by atoms with Gasteiger partial charge in [-0.15, -0.1) is 5.10 Å². The maximum absolute atomic E-state index is 11.8. The molecule has 0 bridgehead atoms. The van der Waals surface area contributed by atoms with Crippen LogP contribution in [0.4, 0.5) is 15.5 Å². The van der Waals surface area contributed by atoms with Crippen LogP contribution in [0, 0.1) is 0 Å². The van der Waals surface area contributed by atoms with E-state index in [0.29, 0.717) is 5.00 Å². The lowest BCUT2D eigenvalue weighted by Crippen LogP contribution is -2.19. The largest absolute Gasteiger partial charge is 0.496 e. The summed E-state index contributed by atoms with van der Waals surface area (Å²) in [7, 11) is 1.32. The Hall–Kier alpha value is -2.39. The third-order valence-corrected chi connectivity index (χ3v) is 3.26. The molecule has 0 aliphatic rings. The molecule has 10 heteroatoms. The highest BCUT2D eigenvalue weighted by molar-refractivity contribution is 7.10. The first-order valence-electron chi connectivity index (χ1n) is 5.47. The molecule has 0 fully saturated rings. The summed E-state index contributed by atoms with van der Waals surface area (Å²) in [4.78, 5) is 22.8. The Bertz CT molecular complexity index is 677. The Morgan fingerprint density at radius 3 is 2.71 bits per heavy atom. The third kappa shape index (κ3) is 3.58. The standard InChI is InChI=1S/C11H9ClN4O4S/c1-20-8-3-7(6(12)2-5(8)10(17)18)14-11(19)15-9-4-13-16-21-9/h2-4H,1H3,(H,17,18)(H2,14,15,19). The van der Waals surface area contributed by atoms with E-state index in [-0.39, 0.29) is 22.0 Å². The van der Waals surface area contributed by atoms with E-state index in [9.17, 15) is 9.59 Å². The van der Waals surface area contributed by atoms with Gasteiger partial charge in [-0.1, -0.05) is 16.1 Å². The lowest BCUT2D eigenvalue weighted by atomic mass is 10.2. The third-order valence-electron chi connectivity index (χ3n) is 2.37. The van der Waals surface area contributed by atoms with Gasteiger partial charge in [0.15, 0.2) is 0 Å². The highest BCUT2D eigenvalue weighted by Gasteiger charge is 2.16. The number of hydrogen-bond acceptors (Lipinski definition) is 6. The zero-order valence-corrected chi connectivity index (χ0v) is 12.2. The molecule has 0 spiro atoms. The van der Waals surface area contributed by atoms with Crippen molar-refractivity contribution in [3.8, 4) is 5.75 Å². The summed E-state index contributed by atoms with van der Waals surface area (Å²) in [6.07, 6.45) is 1.39. The fraction of sp³-hybridized carbons (Fsp3) is 0.0909. The van der Waals surface area contributed by atoms with Crippen molar-refractivity contribution < 1.29 is 19.4 Å². The van der Waals surface area contributed by atoms with E-state index < -0.39 is 12.0 Å². The minimum absolute atomic E-state index is 0.0748. The second kappa shape index (κ2) is 6.37. The van der Waals surface area contributed by atoms with Gasteiger partial charge in [-0.05, 0) is 6.07 Å². The van der Waals surface area contributed by atoms with Crippen LogP contribution in [0.3, 0.4) is 0 Å². The fourth-order valence-corrected chi connectivity index (χ4v) is 2.10. The molecule has 2 amide bonds. The number of ether oxygens (including phenoxy) is 1. The van der Waals surface area contributed by atoms with Gasteiger partial charge < -0.3 is 15.2 Å². The van der Waals surface area contributed by atoms with Gasteiger partial charge in [-0.3, -0.25) is 5.32 Å². The summed E-state index contributed by atoms with van der Waals surface area (Å²) in [6, 6.07) is 1.97. The number of methoxy groups -OCH3 is 1. The second-order valence-electron chi connectivity index (χ2n) is 3.70. The van der Waals surface area contributed by atoms with Crippen molar-refractivity contribution in [2.45, 2.75) is 0 Å². The number of carboxylic acid groups (broad SMARTS) is 1. The molecule has 1 aromatic heterocycles. The van der Waals surface area contributed by atoms with Gasteiger partial charge in [0.1, 0.15) is 16.3 Å². The average molecular weight is 329 g/mol. The number of amides is 2. The molecule has 0 saturated heterocycles. The summed E-state index contributed by atoms with van der Waals surface area (Å²) in [5.41, 5.74) is 0.119. The first-order valence-corrected chi connectivity index (χ1v) is 6.62. The van der Waals surface area contributed by atoms with Gasteiger partial charge in [0.2, 0.25) is 0 Å². The molecular weight excluding hydrogens is 320 g/mol. The molecule has 110 valence electrons. The number of aromatic nitrogens is 2. The molecule has 0 atom stereocenters. The summed E-state index contributed by atoms with van der Waals surface area (Å²) in [5.74, 6) is -1.10. The lowest BCUT2D eigenvalue weighted by molar-refractivity contribution is 0.0693. The van der Waals surface area contributed by atoms with Crippen LogP contribution in [0.1, 0.15) is 10.4 Å². The summed E-state index contributed by atoms with van der Waals surface area (Å²) in [5, 5.41) is 18.1. The van der Waals surface area contributed by atoms with Crippen LogP contribution in [0.25, 0.3) is 0 Å². The molecule has 0 aliphatic heterocycles. The number of carbonyl (C=O) groups is 2. The van der Waals surface area contributed by atoms with E-state index in [2.05, 4.69) is 20.2 Å². The molecular formula is C11H9ClN4O4S. The second-order valence-corrected chi connectivity index (χ2v) is 4.89. The Balaban J connectivity index is 2.20. The van der Waals surface area contributed by atoms with Gasteiger partial charge >= 0.3 is 12.0 Å². The van der Waals surface area contributed by atoms with Crippen LogP contribution in [0.5, 0.6) is 5.75 Å². The van der Waals surface area contributed by atoms with E-state index in [0.717, 1.165) is 11.5 Å². The summed E-state index contributed by atoms with van der Waals surface area (Å²) < 4.78 is 8.56. The molecule has 1 heterocycles. The van der Waals surface area contributed by atoms with Gasteiger partial charge in [-0.2, -0.15) is 0 Å². The number of carbonyl (C=O) groups excluding carboxylic acids is 1. The van der Waals surface area contributed by atoms with Crippen molar-refractivity contribution in [2.24, 2.45) is 0 Å². The number of rotatable bonds is 4. The van der Waals surface area contributed by atoms with Crippen LogP contribution < -0.4 is 15.4 Å². The van der Waals surface area contributed by atoms with Gasteiger partial charge in [0.25, 0.3) is 0 Å². The SMILES string of the molecule is COc1cc(NC(=O)Nc2cnns2)c(Cl)cc1C(=O)O. The van der Waals surface area contributed by atoms with E-state index in [4.69, 9.17) is 21.4 Å². The van der Waals surface area contributed by atoms with E-state index >= 15 is 0 Å². The molecule has 0 aliphatic carbocycles. The molecule has 2 aromatic rings. The maximum Gasteiger partial charge on any atom is 0.339 e. The minimum atomic E-state index is -1.18. The Kier molecular flexibility index (Phi) is 4.55. The quantitative estimate of drug-likeness (QED) is 0.794. The Labute approximate surface area is 127 Å². The normalized spacial score (nSPS) is 10.0. The topological polar surface area (TPSA) is 113 Å². The maximum atomic E-state index is 11.8. The van der Waals surface area contributed by atoms with Gasteiger partial charge in [0.05, 0.1) is 24.0 Å². The van der Waals surface area contributed by atoms with E-state index in [1.54, 1.807) is 0 Å². The number of nitrogens with one attached hydrogen (secondary N) is 2. The fourth-order valence-electron chi connectivity index (χ4n) is 1.47. The highest BCUT2D eigenvalue weighted by atomic mass is 35.5. The van der Waals surface area contributed by atoms with Crippen LogP contribution >= 0.6 is 23.1 Å². The van der Waals surface area contributed by atoms with Crippen molar-refractivity contribution in [1.29, 1.82) is 0 Å². The first-order chi connectivity index (χ1) is 10.0. The number of carboxylic acids is 1. The molecule has 2 rings (SSSR count). The molecule has 0 unspecified atom stereocenters. The predicted molar refractivity (Wildman–Crippen MR) is 77.5 cm³/mol. The number of urea groups is 1. The zero-order valence-electron chi connectivity index (χ0n) is 10.6. The average Bonchev–Trinajstić information content (AvgIpc) is 2.93. The molecule has 0 radical (unpaired) electrons. The van der Waals surface area contributed by atoms with Crippen molar-refractivity contribution in [1.82, 2.24) is 9.59 Å². The molecule has 21 heavy (non-hydrogen) atoms. The van der Waals surface area contributed by atoms with Crippen LogP contribution in [0.15, 0.2) is 18.3 Å². The predicted octanol–water partition coefficient (Wildman–Crippen LogP) is 2.54. The van der Waals surface area contributed by atoms with Crippen molar-refractivity contribution >= 4 is 45.8 Å². The van der Waals surface area contributed by atoms with Crippen molar-refractivity contribution in [2.75, 3.05) is 17.7 Å². The first kappa shape index (κ1) is 15.0. The van der Waals surface area contributed by atoms with Crippen LogP contribution in [-0.2, 0) is 0 Å². The van der Waals surface area contributed by atoms with Crippen molar-refractivity contribution in [3.05, 3.63) is 28.9 Å². The number of anilines is 2. The summed E-state index contributed by atoms with van der Waals surface area (Å²) in [6.45, 7) is 0. The number of nitrogens with zero attached hydrogens (tertiary/aromatic N) is 2. The number of halogens is 1. The van der Waals surface area contributed by atoms with Crippen molar-refractivity contribution in [3.63, 3.8) is 0 Å². The molecule has 3 N–H and O–H groups in total. The van der Waals surface area contributed by atoms with E-state index in [1.165, 1.54) is 25.4 Å². The van der Waals surface area contributed by atoms with Crippen LogP contribution in [-0.4, -0.2) is 33.8 Å². The summed E-state index contributed by atoms with van der Waals surface area (Å²) >= 11 is 6.96. The number of benzene rings is 1. The molecule has 8 nitrogen and oxygen atoms in total. The van der Waals surface area contributed by atoms with Gasteiger partial charge in [-0.25, -0.2) is 9.59 Å². The lowest BCUT2D eigenvalue weighted by Gasteiger charge is -2.11. The van der Waals surface area contributed by atoms with Crippen LogP contribution in [0.2, 0.25) is 5.02 Å². The number of hydrogen-bond donors (Lipinski definition) is 3. The Morgan fingerprint density at radius 2 is 2.14 bits per heavy atom. The Morgan fingerprint density at radius 1 is 1.38 bits per heavy atom. The van der Waals surface area contributed by atoms with E-state index in [1.807, 2.05) is 0 Å². The minimum Gasteiger partial charge on any atom is -0.496 e. The number of aromatic carboxylic acids is 1. The zero-order chi connectivity index (χ0) is 15.4. The van der Waals surface area contributed by atoms with Gasteiger partial charge in [0, 0.05) is 17.6 Å². The molecule has 1 aromatic carbocycles.